The van der Waals surface area contributed by atoms with Crippen molar-refractivity contribution in [1.82, 2.24) is 19.9 Å². The van der Waals surface area contributed by atoms with E-state index >= 15 is 4.39 Å². The lowest BCUT2D eigenvalue weighted by Crippen LogP contribution is -2.51. The number of benzene rings is 2. The smallest absolute Gasteiger partial charge is 0.349 e. The van der Waals surface area contributed by atoms with Crippen LogP contribution in [0.4, 0.5) is 14.6 Å². The maximum Gasteiger partial charge on any atom is 0.349 e. The van der Waals surface area contributed by atoms with Gasteiger partial charge in [0.25, 0.3) is 0 Å². The first-order chi connectivity index (χ1) is 17.4. The molecule has 9 heteroatoms. The second-order valence-corrected chi connectivity index (χ2v) is 9.34. The Hall–Kier alpha value is -4.03. The largest absolute Gasteiger partial charge is 0.497 e. The van der Waals surface area contributed by atoms with Crippen LogP contribution in [-0.4, -0.2) is 46.8 Å². The van der Waals surface area contributed by atoms with Crippen LogP contribution in [0.15, 0.2) is 35.3 Å². The summed E-state index contributed by atoms with van der Waals surface area (Å²) in [5, 5.41) is 4.92. The maximum atomic E-state index is 16.3. The van der Waals surface area contributed by atoms with Gasteiger partial charge in [-0.2, -0.15) is 4.98 Å². The van der Waals surface area contributed by atoms with Gasteiger partial charge in [-0.25, -0.2) is 13.6 Å². The number of aromatic nitrogens is 3. The van der Waals surface area contributed by atoms with E-state index in [-0.39, 0.29) is 22.3 Å². The number of pyridine rings is 1. The van der Waals surface area contributed by atoms with Gasteiger partial charge < -0.3 is 15.0 Å². The Morgan fingerprint density at radius 2 is 1.94 bits per heavy atom. The van der Waals surface area contributed by atoms with E-state index in [2.05, 4.69) is 21.2 Å². The van der Waals surface area contributed by atoms with Crippen LogP contribution in [0.2, 0.25) is 0 Å². The fraction of sp³-hybridized carbons (Fsp3) is 0.296. The molecule has 2 aliphatic rings. The summed E-state index contributed by atoms with van der Waals surface area (Å²) in [5.74, 6) is 1.95. The number of methoxy groups -OCH3 is 1. The highest BCUT2D eigenvalue weighted by Crippen LogP contribution is 2.38. The van der Waals surface area contributed by atoms with Crippen LogP contribution < -0.4 is 20.6 Å². The van der Waals surface area contributed by atoms with E-state index in [0.29, 0.717) is 52.9 Å². The SMILES string of the molecule is C#Cc1c(F)ccc2cc(OC)cc(-c3ncc4c(N5CC6CCC(C5)N6)nc(=O)n(C)c4c3F)c12. The molecular formula is C27H23F2N5O2. The molecule has 182 valence electrons. The summed E-state index contributed by atoms with van der Waals surface area (Å²) in [6.45, 7) is 1.36. The van der Waals surface area contributed by atoms with Gasteiger partial charge in [-0.15, -0.1) is 6.42 Å². The number of hydrogen-bond acceptors (Lipinski definition) is 6. The van der Waals surface area contributed by atoms with E-state index < -0.39 is 17.3 Å². The molecule has 36 heavy (non-hydrogen) atoms. The second kappa shape index (κ2) is 8.28. The van der Waals surface area contributed by atoms with Crippen LogP contribution in [0.25, 0.3) is 32.9 Å². The van der Waals surface area contributed by atoms with Crippen LogP contribution in [0.3, 0.4) is 0 Å². The van der Waals surface area contributed by atoms with Crippen LogP contribution in [-0.2, 0) is 7.05 Å². The highest BCUT2D eigenvalue weighted by atomic mass is 19.1. The Morgan fingerprint density at radius 3 is 2.64 bits per heavy atom. The summed E-state index contributed by atoms with van der Waals surface area (Å²) in [4.78, 5) is 23.6. The van der Waals surface area contributed by atoms with Gasteiger partial charge in [0.15, 0.2) is 5.82 Å². The number of rotatable bonds is 3. The van der Waals surface area contributed by atoms with E-state index in [1.165, 1.54) is 31.0 Å². The first kappa shape index (κ1) is 22.4. The van der Waals surface area contributed by atoms with Crippen molar-refractivity contribution in [2.24, 2.45) is 7.05 Å². The minimum atomic E-state index is -0.712. The van der Waals surface area contributed by atoms with Gasteiger partial charge >= 0.3 is 5.69 Å². The molecule has 1 N–H and O–H groups in total. The third kappa shape index (κ3) is 3.33. The predicted molar refractivity (Wildman–Crippen MR) is 134 cm³/mol. The molecule has 2 fully saturated rings. The number of nitrogens with one attached hydrogen (secondary N) is 1. The molecular weight excluding hydrogens is 464 g/mol. The molecule has 2 aliphatic heterocycles. The molecule has 0 radical (unpaired) electrons. The van der Waals surface area contributed by atoms with Gasteiger partial charge in [0.05, 0.1) is 23.6 Å². The number of aryl methyl sites for hydroxylation is 1. The monoisotopic (exact) mass is 487 g/mol. The standard InChI is InChI=1S/C27H23F2N5O2/c1-4-18-21(28)8-5-14-9-17(36-3)10-19(22(14)18)24-23(29)25-20(11-30-24)26(32-27(35)33(25)2)34-12-15-6-7-16(13-34)31-15/h1,5,8-11,15-16,31H,6-7,12-13H2,2-3H3. The van der Waals surface area contributed by atoms with Crippen LogP contribution in [0.5, 0.6) is 5.75 Å². The van der Waals surface area contributed by atoms with E-state index in [9.17, 15) is 9.18 Å². The highest BCUT2D eigenvalue weighted by Gasteiger charge is 2.34. The third-order valence-corrected chi connectivity index (χ3v) is 7.25. The number of ether oxygens (including phenoxy) is 1. The molecule has 2 aromatic carbocycles. The lowest BCUT2D eigenvalue weighted by Gasteiger charge is -2.34. The van der Waals surface area contributed by atoms with E-state index in [0.717, 1.165) is 12.8 Å². The van der Waals surface area contributed by atoms with Crippen molar-refractivity contribution in [3.8, 4) is 29.4 Å². The molecule has 0 saturated carbocycles. The quantitative estimate of drug-likeness (QED) is 0.447. The molecule has 2 atom stereocenters. The van der Waals surface area contributed by atoms with E-state index in [1.54, 1.807) is 18.2 Å². The first-order valence-electron chi connectivity index (χ1n) is 11.7. The maximum absolute atomic E-state index is 16.3. The molecule has 0 spiro atoms. The topological polar surface area (TPSA) is 72.3 Å². The van der Waals surface area contributed by atoms with Crippen molar-refractivity contribution in [3.63, 3.8) is 0 Å². The van der Waals surface area contributed by atoms with Gasteiger partial charge in [-0.05, 0) is 36.4 Å². The summed E-state index contributed by atoms with van der Waals surface area (Å²) < 4.78 is 37.6. The zero-order chi connectivity index (χ0) is 25.1. The van der Waals surface area contributed by atoms with Gasteiger partial charge in [0.1, 0.15) is 23.1 Å². The summed E-state index contributed by atoms with van der Waals surface area (Å²) in [7, 11) is 2.97. The highest BCUT2D eigenvalue weighted by molar-refractivity contribution is 6.03. The number of piperazine rings is 1. The molecule has 2 saturated heterocycles. The zero-order valence-corrected chi connectivity index (χ0v) is 19.8. The van der Waals surface area contributed by atoms with Crippen molar-refractivity contribution < 1.29 is 13.5 Å². The number of nitrogens with zero attached hydrogens (tertiary/aromatic N) is 4. The molecule has 0 aliphatic carbocycles. The summed E-state index contributed by atoms with van der Waals surface area (Å²) in [5.41, 5.74) is -0.254. The molecule has 7 nitrogen and oxygen atoms in total. The van der Waals surface area contributed by atoms with E-state index in [4.69, 9.17) is 11.2 Å². The number of terminal acetylenes is 1. The average Bonchev–Trinajstić information content (AvgIpc) is 3.22. The lowest BCUT2D eigenvalue weighted by molar-refractivity contribution is 0.415. The number of halogens is 2. The Kier molecular flexibility index (Phi) is 5.16. The molecule has 4 aromatic rings. The molecule has 2 aromatic heterocycles. The minimum Gasteiger partial charge on any atom is -0.497 e. The summed E-state index contributed by atoms with van der Waals surface area (Å²) in [6, 6.07) is 6.73. The van der Waals surface area contributed by atoms with Crippen molar-refractivity contribution in [1.29, 1.82) is 0 Å². The summed E-state index contributed by atoms with van der Waals surface area (Å²) in [6.07, 6.45) is 9.27. The molecule has 0 amide bonds. The molecule has 6 rings (SSSR count). The predicted octanol–water partition coefficient (Wildman–Crippen LogP) is 3.36. The van der Waals surface area contributed by atoms with Crippen molar-refractivity contribution >= 4 is 27.5 Å². The number of anilines is 1. The van der Waals surface area contributed by atoms with E-state index in [1.807, 2.05) is 4.90 Å². The van der Waals surface area contributed by atoms with Crippen molar-refractivity contribution in [3.05, 3.63) is 58.1 Å². The van der Waals surface area contributed by atoms with Crippen LogP contribution in [0.1, 0.15) is 18.4 Å². The Bertz CT molecular complexity index is 1650. The zero-order valence-electron chi connectivity index (χ0n) is 19.8. The fourth-order valence-corrected chi connectivity index (χ4v) is 5.55. The Balaban J connectivity index is 1.63. The Labute approximate surface area is 205 Å². The van der Waals surface area contributed by atoms with Crippen LogP contribution in [0, 0.1) is 24.0 Å². The molecule has 4 heterocycles. The van der Waals surface area contributed by atoms with Crippen molar-refractivity contribution in [2.75, 3.05) is 25.1 Å². The molecule has 2 bridgehead atoms. The van der Waals surface area contributed by atoms with Crippen LogP contribution >= 0.6 is 0 Å². The van der Waals surface area contributed by atoms with Gasteiger partial charge in [0, 0.05) is 49.4 Å². The van der Waals surface area contributed by atoms with Crippen molar-refractivity contribution in [2.45, 2.75) is 24.9 Å². The molecule has 2 unspecified atom stereocenters. The number of hydrogen-bond donors (Lipinski definition) is 1. The number of fused-ring (bicyclic) bond motifs is 4. The Morgan fingerprint density at radius 1 is 1.19 bits per heavy atom. The third-order valence-electron chi connectivity index (χ3n) is 7.25. The average molecular weight is 488 g/mol. The first-order valence-corrected chi connectivity index (χ1v) is 11.7. The van der Waals surface area contributed by atoms with Gasteiger partial charge in [0.2, 0.25) is 0 Å². The second-order valence-electron chi connectivity index (χ2n) is 9.34. The fourth-order valence-electron chi connectivity index (χ4n) is 5.55. The lowest BCUT2D eigenvalue weighted by atomic mass is 9.95. The van der Waals surface area contributed by atoms with Gasteiger partial charge in [-0.3, -0.25) is 9.55 Å². The van der Waals surface area contributed by atoms with Gasteiger partial charge in [-0.1, -0.05) is 12.0 Å². The minimum absolute atomic E-state index is 0.00653. The summed E-state index contributed by atoms with van der Waals surface area (Å²) >= 11 is 0. The normalized spacial score (nSPS) is 19.1.